The predicted molar refractivity (Wildman–Crippen MR) is 90.4 cm³/mol. The van der Waals surface area contributed by atoms with E-state index in [0.29, 0.717) is 5.75 Å². The molecule has 1 aromatic heterocycles. The molecule has 1 N–H and O–H groups in total. The summed E-state index contributed by atoms with van der Waals surface area (Å²) < 4.78 is 10.2. The van der Waals surface area contributed by atoms with E-state index in [1.807, 2.05) is 0 Å². The first-order valence-electron chi connectivity index (χ1n) is 7.50. The smallest absolute Gasteiger partial charge is 0.312 e. The lowest BCUT2D eigenvalue weighted by atomic mass is 10.2. The maximum absolute atomic E-state index is 12.3. The highest BCUT2D eigenvalue weighted by Gasteiger charge is 2.28. The monoisotopic (exact) mass is 358 g/mol. The molecule has 1 aliphatic rings. The Morgan fingerprint density at radius 3 is 3.00 bits per heavy atom. The summed E-state index contributed by atoms with van der Waals surface area (Å²) >= 11 is 0. The fourth-order valence-electron chi connectivity index (χ4n) is 2.45. The zero-order chi connectivity index (χ0) is 18.7. The summed E-state index contributed by atoms with van der Waals surface area (Å²) in [7, 11) is 1.31. The number of anilines is 2. The Morgan fingerprint density at radius 2 is 2.27 bits per heavy atom. The Bertz CT molecular complexity index is 885. The molecule has 0 spiro atoms. The van der Waals surface area contributed by atoms with Gasteiger partial charge in [-0.1, -0.05) is 0 Å². The van der Waals surface area contributed by atoms with Crippen LogP contribution < -0.4 is 19.7 Å². The summed E-state index contributed by atoms with van der Waals surface area (Å²) in [6.45, 7) is -0.494. The van der Waals surface area contributed by atoms with Crippen molar-refractivity contribution in [2.75, 3.05) is 30.5 Å². The Hall–Kier alpha value is -3.69. The molecule has 1 aromatic carbocycles. The molecule has 134 valence electrons. The van der Waals surface area contributed by atoms with Crippen molar-refractivity contribution in [1.82, 2.24) is 4.98 Å². The summed E-state index contributed by atoms with van der Waals surface area (Å²) in [5, 5.41) is 13.6. The average molecular weight is 358 g/mol. The predicted octanol–water partition coefficient (Wildman–Crippen LogP) is 1.36. The van der Waals surface area contributed by atoms with E-state index in [0.717, 1.165) is 0 Å². The molecular weight excluding hydrogens is 344 g/mol. The third-order valence-electron chi connectivity index (χ3n) is 3.62. The number of hydrogen-bond donors (Lipinski definition) is 1. The number of ether oxygens (including phenoxy) is 2. The summed E-state index contributed by atoms with van der Waals surface area (Å²) in [4.78, 5) is 40.1. The maximum atomic E-state index is 12.3. The summed E-state index contributed by atoms with van der Waals surface area (Å²) in [5.74, 6) is -0.211. The average Bonchev–Trinajstić information content (AvgIpc) is 2.64. The number of rotatable bonds is 5. The summed E-state index contributed by atoms with van der Waals surface area (Å²) in [6.07, 6.45) is 1.48. The highest BCUT2D eigenvalue weighted by molar-refractivity contribution is 6.04. The van der Waals surface area contributed by atoms with Crippen LogP contribution in [0.1, 0.15) is 0 Å². The van der Waals surface area contributed by atoms with Crippen LogP contribution >= 0.6 is 0 Å². The van der Waals surface area contributed by atoms with Gasteiger partial charge in [0.2, 0.25) is 5.91 Å². The van der Waals surface area contributed by atoms with Crippen molar-refractivity contribution < 1.29 is 24.0 Å². The van der Waals surface area contributed by atoms with E-state index in [1.165, 1.54) is 36.4 Å². The topological polar surface area (TPSA) is 124 Å². The molecule has 3 rings (SSSR count). The standard InChI is InChI=1S/C16H14N4O6/c1-25-12-5-4-10(7-11(12)20(23)24)18-14(21)8-19-15(22)9-26-13-3-2-6-17-16(13)19/h2-7H,8-9H2,1H3,(H,18,21). The van der Waals surface area contributed by atoms with Crippen LogP contribution in [-0.4, -0.2) is 42.0 Å². The molecule has 0 saturated carbocycles. The molecule has 0 saturated heterocycles. The quantitative estimate of drug-likeness (QED) is 0.632. The minimum absolute atomic E-state index is 0.0782. The zero-order valence-corrected chi connectivity index (χ0v) is 13.7. The maximum Gasteiger partial charge on any atom is 0.312 e. The molecule has 0 unspecified atom stereocenters. The van der Waals surface area contributed by atoms with Crippen molar-refractivity contribution in [3.63, 3.8) is 0 Å². The van der Waals surface area contributed by atoms with Crippen molar-refractivity contribution in [2.45, 2.75) is 0 Å². The second kappa shape index (κ2) is 7.05. The number of nitro groups is 1. The number of nitrogens with zero attached hydrogens (tertiary/aromatic N) is 3. The zero-order valence-electron chi connectivity index (χ0n) is 13.7. The van der Waals surface area contributed by atoms with Crippen molar-refractivity contribution >= 4 is 29.0 Å². The molecule has 2 aromatic rings. The molecule has 0 bridgehead atoms. The van der Waals surface area contributed by atoms with Crippen molar-refractivity contribution in [1.29, 1.82) is 0 Å². The van der Waals surface area contributed by atoms with Gasteiger partial charge in [-0.25, -0.2) is 4.98 Å². The van der Waals surface area contributed by atoms with Gasteiger partial charge in [0.05, 0.1) is 12.0 Å². The van der Waals surface area contributed by atoms with E-state index < -0.39 is 16.7 Å². The van der Waals surface area contributed by atoms with Crippen LogP contribution in [0.25, 0.3) is 0 Å². The van der Waals surface area contributed by atoms with Gasteiger partial charge >= 0.3 is 5.69 Å². The number of nitrogens with one attached hydrogen (secondary N) is 1. The van der Waals surface area contributed by atoms with Gasteiger partial charge in [0, 0.05) is 18.0 Å². The minimum atomic E-state index is -0.611. The SMILES string of the molecule is COc1ccc(NC(=O)CN2C(=O)COc3cccnc32)cc1[N+](=O)[O-]. The Morgan fingerprint density at radius 1 is 1.46 bits per heavy atom. The molecule has 0 fully saturated rings. The van der Waals surface area contributed by atoms with Gasteiger partial charge in [-0.3, -0.25) is 24.6 Å². The van der Waals surface area contributed by atoms with E-state index >= 15 is 0 Å². The van der Waals surface area contributed by atoms with Crippen LogP contribution in [0, 0.1) is 10.1 Å². The first kappa shape index (κ1) is 17.1. The van der Waals surface area contributed by atoms with Gasteiger partial charge in [0.1, 0.15) is 6.54 Å². The number of hydrogen-bond acceptors (Lipinski definition) is 7. The van der Waals surface area contributed by atoms with Crippen LogP contribution in [0.15, 0.2) is 36.5 Å². The van der Waals surface area contributed by atoms with Crippen molar-refractivity contribution in [2.24, 2.45) is 0 Å². The third kappa shape index (κ3) is 3.38. The number of aromatic nitrogens is 1. The molecular formula is C16H14N4O6. The number of methoxy groups -OCH3 is 1. The molecule has 1 aliphatic heterocycles. The highest BCUT2D eigenvalue weighted by Crippen LogP contribution is 2.30. The molecule has 26 heavy (non-hydrogen) atoms. The van der Waals surface area contributed by atoms with Crippen LogP contribution in [0.3, 0.4) is 0 Å². The number of nitro benzene ring substituents is 1. The van der Waals surface area contributed by atoms with Gasteiger partial charge in [-0.15, -0.1) is 0 Å². The molecule has 10 heteroatoms. The van der Waals surface area contributed by atoms with Crippen LogP contribution in [-0.2, 0) is 9.59 Å². The van der Waals surface area contributed by atoms with Gasteiger partial charge in [0.15, 0.2) is 23.9 Å². The largest absolute Gasteiger partial charge is 0.490 e. The number of carbonyl (C=O) groups is 2. The molecule has 2 heterocycles. The normalized spacial score (nSPS) is 12.8. The Kier molecular flexibility index (Phi) is 4.65. The van der Waals surface area contributed by atoms with Crippen molar-refractivity contribution in [3.8, 4) is 11.5 Å². The number of carbonyl (C=O) groups excluding carboxylic acids is 2. The van der Waals surface area contributed by atoms with Crippen LogP contribution in [0.2, 0.25) is 0 Å². The minimum Gasteiger partial charge on any atom is -0.490 e. The third-order valence-corrected chi connectivity index (χ3v) is 3.62. The summed E-state index contributed by atoms with van der Waals surface area (Å²) in [6, 6.07) is 7.33. The van der Waals surface area contributed by atoms with Gasteiger partial charge in [0.25, 0.3) is 5.91 Å². The fourth-order valence-corrected chi connectivity index (χ4v) is 2.45. The second-order valence-corrected chi connectivity index (χ2v) is 5.29. The second-order valence-electron chi connectivity index (χ2n) is 5.29. The number of amides is 2. The van der Waals surface area contributed by atoms with Crippen molar-refractivity contribution in [3.05, 3.63) is 46.6 Å². The van der Waals surface area contributed by atoms with Crippen LogP contribution in [0.5, 0.6) is 11.5 Å². The lowest BCUT2D eigenvalue weighted by molar-refractivity contribution is -0.385. The lowest BCUT2D eigenvalue weighted by Crippen LogP contribution is -2.43. The first-order chi connectivity index (χ1) is 12.5. The highest BCUT2D eigenvalue weighted by atomic mass is 16.6. The van der Waals surface area contributed by atoms with E-state index in [2.05, 4.69) is 10.3 Å². The number of pyridine rings is 1. The van der Waals surface area contributed by atoms with E-state index in [9.17, 15) is 19.7 Å². The van der Waals surface area contributed by atoms with E-state index in [4.69, 9.17) is 9.47 Å². The number of benzene rings is 1. The van der Waals surface area contributed by atoms with Crippen LogP contribution in [0.4, 0.5) is 17.2 Å². The molecule has 2 amide bonds. The van der Waals surface area contributed by atoms with Gasteiger partial charge in [-0.05, 0) is 24.3 Å². The molecule has 0 radical (unpaired) electrons. The van der Waals surface area contributed by atoms with E-state index in [-0.39, 0.29) is 36.1 Å². The lowest BCUT2D eigenvalue weighted by Gasteiger charge is -2.27. The van der Waals surface area contributed by atoms with Gasteiger partial charge < -0.3 is 14.8 Å². The van der Waals surface area contributed by atoms with Gasteiger partial charge in [-0.2, -0.15) is 0 Å². The summed E-state index contributed by atoms with van der Waals surface area (Å²) in [5.41, 5.74) is -0.0655. The first-order valence-corrected chi connectivity index (χ1v) is 7.50. The van der Waals surface area contributed by atoms with E-state index in [1.54, 1.807) is 12.1 Å². The molecule has 0 aliphatic carbocycles. The Balaban J connectivity index is 1.76. The molecule has 0 atom stereocenters. The molecule has 10 nitrogen and oxygen atoms in total. The fraction of sp³-hybridized carbons (Fsp3) is 0.188. The number of fused-ring (bicyclic) bond motifs is 1. The Labute approximate surface area is 147 Å².